The van der Waals surface area contributed by atoms with Gasteiger partial charge in [0.1, 0.15) is 0 Å². The van der Waals surface area contributed by atoms with Gasteiger partial charge in [-0.3, -0.25) is 0 Å². The molecule has 1 unspecified atom stereocenters. The van der Waals surface area contributed by atoms with E-state index in [9.17, 15) is 0 Å². The number of anilines is 1. The molecule has 1 heterocycles. The van der Waals surface area contributed by atoms with Crippen LogP contribution in [-0.2, 0) is 6.54 Å². The molecule has 2 nitrogen and oxygen atoms in total. The maximum Gasteiger partial charge on any atom is 0.0366 e. The molecular formula is C17H28N2. The van der Waals surface area contributed by atoms with Crippen molar-refractivity contribution in [3.63, 3.8) is 0 Å². The van der Waals surface area contributed by atoms with Gasteiger partial charge in [0.05, 0.1) is 0 Å². The third kappa shape index (κ3) is 4.54. The van der Waals surface area contributed by atoms with Gasteiger partial charge in [-0.25, -0.2) is 0 Å². The van der Waals surface area contributed by atoms with Crippen LogP contribution in [0.25, 0.3) is 0 Å². The molecule has 1 aromatic carbocycles. The third-order valence-electron chi connectivity index (χ3n) is 4.03. The highest BCUT2D eigenvalue weighted by Gasteiger charge is 2.13. The van der Waals surface area contributed by atoms with Crippen LogP contribution in [-0.4, -0.2) is 19.1 Å². The summed E-state index contributed by atoms with van der Waals surface area (Å²) in [5, 5.41) is 3.46. The Bertz CT molecular complexity index is 369. The largest absolute Gasteiger partial charge is 0.372 e. The molecule has 0 aromatic heterocycles. The molecule has 0 amide bonds. The summed E-state index contributed by atoms with van der Waals surface area (Å²) in [6.07, 6.45) is 4.04. The van der Waals surface area contributed by atoms with Crippen molar-refractivity contribution in [2.75, 3.05) is 18.0 Å². The van der Waals surface area contributed by atoms with Gasteiger partial charge >= 0.3 is 0 Å². The second-order valence-corrected chi connectivity index (χ2v) is 6.23. The van der Waals surface area contributed by atoms with E-state index in [0.717, 1.165) is 12.5 Å². The number of nitrogens with zero attached hydrogens (tertiary/aromatic N) is 1. The van der Waals surface area contributed by atoms with Crippen LogP contribution in [0.1, 0.15) is 45.6 Å². The normalized spacial score (nSPS) is 20.6. The van der Waals surface area contributed by atoms with Crippen LogP contribution >= 0.6 is 0 Å². The van der Waals surface area contributed by atoms with Crippen molar-refractivity contribution < 1.29 is 0 Å². The highest BCUT2D eigenvalue weighted by atomic mass is 15.1. The van der Waals surface area contributed by atoms with E-state index in [1.165, 1.54) is 43.6 Å². The summed E-state index contributed by atoms with van der Waals surface area (Å²) in [6, 6.07) is 9.64. The number of hydrogen-bond donors (Lipinski definition) is 1. The predicted octanol–water partition coefficient (Wildman–Crippen LogP) is 3.81. The van der Waals surface area contributed by atoms with Gasteiger partial charge in [-0.1, -0.05) is 32.9 Å². The Morgan fingerprint density at radius 1 is 1.16 bits per heavy atom. The number of benzene rings is 1. The van der Waals surface area contributed by atoms with Crippen molar-refractivity contribution in [3.05, 3.63) is 29.8 Å². The first kappa shape index (κ1) is 14.4. The van der Waals surface area contributed by atoms with E-state index in [1.807, 2.05) is 0 Å². The molecule has 0 spiro atoms. The van der Waals surface area contributed by atoms with Crippen LogP contribution in [0.3, 0.4) is 0 Å². The number of hydrogen-bond acceptors (Lipinski definition) is 2. The summed E-state index contributed by atoms with van der Waals surface area (Å²) in [7, 11) is 0. The first-order valence-electron chi connectivity index (χ1n) is 7.72. The summed E-state index contributed by atoms with van der Waals surface area (Å²) in [5.74, 6) is 0.888. The lowest BCUT2D eigenvalue weighted by Gasteiger charge is -2.23. The van der Waals surface area contributed by atoms with Gasteiger partial charge in [-0.15, -0.1) is 0 Å². The molecule has 1 aromatic rings. The van der Waals surface area contributed by atoms with Crippen molar-refractivity contribution in [2.45, 2.75) is 52.6 Å². The first-order chi connectivity index (χ1) is 9.15. The maximum atomic E-state index is 3.46. The zero-order valence-corrected chi connectivity index (χ0v) is 12.7. The van der Waals surface area contributed by atoms with E-state index < -0.39 is 0 Å². The molecular weight excluding hydrogens is 232 g/mol. The van der Waals surface area contributed by atoms with Crippen LogP contribution in [0.2, 0.25) is 0 Å². The van der Waals surface area contributed by atoms with E-state index in [0.29, 0.717) is 6.04 Å². The lowest BCUT2D eigenvalue weighted by molar-refractivity contribution is 0.521. The molecule has 2 rings (SSSR count). The second-order valence-electron chi connectivity index (χ2n) is 6.23. The first-order valence-corrected chi connectivity index (χ1v) is 7.72. The Morgan fingerprint density at radius 2 is 1.89 bits per heavy atom. The van der Waals surface area contributed by atoms with E-state index in [4.69, 9.17) is 0 Å². The fourth-order valence-corrected chi connectivity index (χ4v) is 2.67. The lowest BCUT2D eigenvalue weighted by Crippen LogP contribution is -2.24. The van der Waals surface area contributed by atoms with E-state index in [1.54, 1.807) is 0 Å². The van der Waals surface area contributed by atoms with Gasteiger partial charge in [-0.2, -0.15) is 0 Å². The van der Waals surface area contributed by atoms with Crippen LogP contribution < -0.4 is 10.2 Å². The van der Waals surface area contributed by atoms with Crippen LogP contribution in [0.5, 0.6) is 0 Å². The third-order valence-corrected chi connectivity index (χ3v) is 4.03. The van der Waals surface area contributed by atoms with Gasteiger partial charge < -0.3 is 10.2 Å². The second kappa shape index (κ2) is 6.95. The lowest BCUT2D eigenvalue weighted by atomic mass is 10.0. The Hall–Kier alpha value is -1.02. The molecule has 1 atom stereocenters. The summed E-state index contributed by atoms with van der Waals surface area (Å²) in [4.78, 5) is 2.54. The van der Waals surface area contributed by atoms with Gasteiger partial charge in [0.25, 0.3) is 0 Å². The van der Waals surface area contributed by atoms with Gasteiger partial charge in [0.15, 0.2) is 0 Å². The highest BCUT2D eigenvalue weighted by molar-refractivity contribution is 5.47. The zero-order valence-electron chi connectivity index (χ0n) is 12.7. The molecule has 0 aliphatic carbocycles. The fourth-order valence-electron chi connectivity index (χ4n) is 2.67. The van der Waals surface area contributed by atoms with Gasteiger partial charge in [0, 0.05) is 31.4 Å². The zero-order chi connectivity index (χ0) is 13.7. The average molecular weight is 260 g/mol. The molecule has 2 heteroatoms. The summed E-state index contributed by atoms with van der Waals surface area (Å²) >= 11 is 0. The standard InChI is InChI=1S/C17H28N2/c1-14(2)18-13-16-6-8-17(9-7-16)19-11-4-5-15(3)10-12-19/h6-9,14-15,18H,4-5,10-13H2,1-3H3. The van der Waals surface area contributed by atoms with E-state index >= 15 is 0 Å². The molecule has 106 valence electrons. The van der Waals surface area contributed by atoms with Crippen molar-refractivity contribution in [1.29, 1.82) is 0 Å². The van der Waals surface area contributed by atoms with Crippen molar-refractivity contribution in [1.82, 2.24) is 5.32 Å². The molecule has 19 heavy (non-hydrogen) atoms. The van der Waals surface area contributed by atoms with E-state index in [-0.39, 0.29) is 0 Å². The molecule has 1 aliphatic heterocycles. The van der Waals surface area contributed by atoms with Crippen molar-refractivity contribution in [2.24, 2.45) is 5.92 Å². The average Bonchev–Trinajstić information content (AvgIpc) is 2.62. The molecule has 0 saturated carbocycles. The SMILES string of the molecule is CC1CCCN(c2ccc(CNC(C)C)cc2)CC1. The molecule has 1 aliphatic rings. The van der Waals surface area contributed by atoms with Crippen LogP contribution in [0.15, 0.2) is 24.3 Å². The number of rotatable bonds is 4. The molecule has 1 saturated heterocycles. The van der Waals surface area contributed by atoms with E-state index in [2.05, 4.69) is 55.3 Å². The van der Waals surface area contributed by atoms with Gasteiger partial charge in [0.2, 0.25) is 0 Å². The van der Waals surface area contributed by atoms with Crippen LogP contribution in [0.4, 0.5) is 5.69 Å². The molecule has 1 N–H and O–H groups in total. The topological polar surface area (TPSA) is 15.3 Å². The molecule has 0 radical (unpaired) electrons. The maximum absolute atomic E-state index is 3.46. The quantitative estimate of drug-likeness (QED) is 0.885. The minimum Gasteiger partial charge on any atom is -0.372 e. The minimum absolute atomic E-state index is 0.548. The summed E-state index contributed by atoms with van der Waals surface area (Å²) in [6.45, 7) is 10.2. The smallest absolute Gasteiger partial charge is 0.0366 e. The minimum atomic E-state index is 0.548. The van der Waals surface area contributed by atoms with Gasteiger partial charge in [-0.05, 0) is 42.9 Å². The predicted molar refractivity (Wildman–Crippen MR) is 83.6 cm³/mol. The molecule has 1 fully saturated rings. The van der Waals surface area contributed by atoms with Crippen molar-refractivity contribution in [3.8, 4) is 0 Å². The Balaban J connectivity index is 1.93. The van der Waals surface area contributed by atoms with Crippen LogP contribution in [0, 0.1) is 5.92 Å². The Morgan fingerprint density at radius 3 is 2.58 bits per heavy atom. The summed E-state index contributed by atoms with van der Waals surface area (Å²) < 4.78 is 0. The highest BCUT2D eigenvalue weighted by Crippen LogP contribution is 2.22. The molecule has 0 bridgehead atoms. The Labute approximate surface area is 118 Å². The summed E-state index contributed by atoms with van der Waals surface area (Å²) in [5.41, 5.74) is 2.77. The fraction of sp³-hybridized carbons (Fsp3) is 0.647. The number of nitrogens with one attached hydrogen (secondary N) is 1. The Kier molecular flexibility index (Phi) is 5.26. The van der Waals surface area contributed by atoms with Crippen molar-refractivity contribution >= 4 is 5.69 Å². The monoisotopic (exact) mass is 260 g/mol.